The lowest BCUT2D eigenvalue weighted by molar-refractivity contribution is -0.122. The van der Waals surface area contributed by atoms with Crippen LogP contribution in [0.15, 0.2) is 56.9 Å². The van der Waals surface area contributed by atoms with Crippen LogP contribution < -0.4 is 16.0 Å². The van der Waals surface area contributed by atoms with E-state index >= 15 is 0 Å². The van der Waals surface area contributed by atoms with Crippen LogP contribution in [0.2, 0.25) is 0 Å². The summed E-state index contributed by atoms with van der Waals surface area (Å²) in [7, 11) is 0. The molecule has 4 saturated carbocycles. The van der Waals surface area contributed by atoms with Gasteiger partial charge in [-0.1, -0.05) is 53.4 Å². The average molecular weight is 1690 g/mol. The van der Waals surface area contributed by atoms with E-state index in [-0.39, 0.29) is 46.2 Å². The number of nitrogens with one attached hydrogen (secondary N) is 1. The second-order valence-corrected chi connectivity index (χ2v) is 37.7. The van der Waals surface area contributed by atoms with Crippen LogP contribution in [0, 0.1) is 29.6 Å². The van der Waals surface area contributed by atoms with E-state index < -0.39 is 22.8 Å². The van der Waals surface area contributed by atoms with E-state index in [9.17, 15) is 39.3 Å². The Kier molecular flexibility index (Phi) is 33.6. The number of esters is 1. The summed E-state index contributed by atoms with van der Waals surface area (Å²) in [4.78, 5) is 79.2. The number of carbonyl (C=O) groups is 4. The molecule has 6 fully saturated rings. The maximum Gasteiger partial charge on any atom is 0.414 e. The summed E-state index contributed by atoms with van der Waals surface area (Å²) in [6, 6.07) is 4.10. The molecule has 0 unspecified atom stereocenters. The summed E-state index contributed by atoms with van der Waals surface area (Å²) >= 11 is 8.70. The first-order valence-corrected chi connectivity index (χ1v) is 45.0. The molecule has 2 saturated heterocycles. The highest BCUT2D eigenvalue weighted by Crippen LogP contribution is 2.40. The molecule has 11 heterocycles. The smallest absolute Gasteiger partial charge is 0.414 e. The highest BCUT2D eigenvalue weighted by Gasteiger charge is 2.36. The van der Waals surface area contributed by atoms with E-state index in [1.165, 1.54) is 156 Å². The van der Waals surface area contributed by atoms with Crippen LogP contribution in [0.5, 0.6) is 0 Å². The summed E-state index contributed by atoms with van der Waals surface area (Å²) in [5.74, 6) is 7.91. The van der Waals surface area contributed by atoms with Gasteiger partial charge in [0, 0.05) is 72.2 Å². The lowest BCUT2D eigenvalue weighted by atomic mass is 9.83. The van der Waals surface area contributed by atoms with Crippen molar-refractivity contribution in [1.82, 2.24) is 82.0 Å². The van der Waals surface area contributed by atoms with Crippen LogP contribution in [0.25, 0.3) is 10.0 Å². The third kappa shape index (κ3) is 26.8. The number of thiophene rings is 2. The maximum atomic E-state index is 13.3. The van der Waals surface area contributed by atoms with Crippen LogP contribution in [-0.4, -0.2) is 153 Å². The minimum Gasteiger partial charge on any atom is -0.478 e. The van der Waals surface area contributed by atoms with Gasteiger partial charge in [-0.3, -0.25) is 9.59 Å². The first kappa shape index (κ1) is 89.9. The maximum absolute atomic E-state index is 13.3. The second-order valence-electron chi connectivity index (χ2n) is 32.2. The number of likely N-dealkylation sites (tertiary alicyclic amines) is 1. The fourth-order valence-electron chi connectivity index (χ4n) is 13.9. The van der Waals surface area contributed by atoms with Gasteiger partial charge in [0.1, 0.15) is 55.1 Å². The molecule has 113 heavy (non-hydrogen) atoms. The molecule has 9 aromatic heterocycles. The molecule has 7 N–H and O–H groups in total. The highest BCUT2D eigenvalue weighted by atomic mass is 32.1. The molecule has 9 aromatic rings. The van der Waals surface area contributed by atoms with E-state index in [1.54, 1.807) is 66.2 Å². The molecule has 2 amide bonds. The Bertz CT molecular complexity index is 4320. The number of nitrogens with two attached hydrogens (primary N) is 1. The summed E-state index contributed by atoms with van der Waals surface area (Å²) < 4.78 is 31.5. The van der Waals surface area contributed by atoms with Crippen molar-refractivity contribution in [3.05, 3.63) is 118 Å². The molecule has 0 radical (unpaired) electrons. The van der Waals surface area contributed by atoms with Crippen molar-refractivity contribution in [3.8, 4) is 10.0 Å². The molecule has 0 spiro atoms. The van der Waals surface area contributed by atoms with Gasteiger partial charge in [-0.25, -0.2) is 34.3 Å². The number of aliphatic hydroxyl groups is 3. The van der Waals surface area contributed by atoms with E-state index in [0.29, 0.717) is 80.2 Å². The number of piperidine rings is 2. The minimum absolute atomic E-state index is 0.0244. The van der Waals surface area contributed by atoms with Crippen LogP contribution in [-0.2, 0) is 26.3 Å². The van der Waals surface area contributed by atoms with Crippen LogP contribution in [0.4, 0.5) is 0 Å². The van der Waals surface area contributed by atoms with Crippen molar-refractivity contribution in [2.75, 3.05) is 19.7 Å². The Hall–Kier alpha value is -7.00. The number of carbonyl (C=O) groups excluding carboxylic acids is 3. The van der Waals surface area contributed by atoms with Crippen molar-refractivity contribution < 1.29 is 48.8 Å². The fourth-order valence-corrected chi connectivity index (χ4v) is 18.8. The number of hydrogen-bond donors (Lipinski definition) is 6. The number of hydrogen-bond acceptors (Lipinski definition) is 31. The van der Waals surface area contributed by atoms with Gasteiger partial charge < -0.3 is 45.5 Å². The van der Waals surface area contributed by atoms with Gasteiger partial charge in [0.15, 0.2) is 10.0 Å². The van der Waals surface area contributed by atoms with Gasteiger partial charge in [-0.05, 0) is 258 Å². The van der Waals surface area contributed by atoms with Crippen molar-refractivity contribution in [2.45, 2.75) is 277 Å². The molecule has 618 valence electrons. The zero-order valence-electron chi connectivity index (χ0n) is 67.0. The number of amides is 2. The number of aromatic carboxylic acids is 1. The van der Waals surface area contributed by atoms with E-state index in [1.807, 2.05) is 16.3 Å². The monoisotopic (exact) mass is 1690 g/mol. The van der Waals surface area contributed by atoms with Crippen molar-refractivity contribution >= 4 is 104 Å². The molecule has 29 nitrogen and oxygen atoms in total. The van der Waals surface area contributed by atoms with Crippen LogP contribution in [0.3, 0.4) is 0 Å². The van der Waals surface area contributed by atoms with Gasteiger partial charge in [-0.15, -0.1) is 32.3 Å². The molecule has 15 rings (SSSR count). The van der Waals surface area contributed by atoms with E-state index in [0.717, 1.165) is 139 Å². The SMILES string of the molecule is CC1CCC(C(N)=O)CC1.CC1CCC(c2nsc(=O)o2)CC1.CC1CCC(c2nsc(C(C)(C)O)n2)CC1.CCOC(=O)c1nc(C2CCC(C)CC2)ns1.C[C@@H]1CC[C@@H](c2nsc(C(C)(C)O)n2)CN1.C[C@@H]1CC[C@@H](c2nsc(C(C)(C)O)n2)CN1C(=O)c1ccsc1-n1nccn1.O=C(O)c1ccsc1-n1nccn1. The molecular weight excluding hydrogens is 1580 g/mol. The summed E-state index contributed by atoms with van der Waals surface area (Å²) in [6.07, 6.45) is 29.1. The molecular formula is C77H112N18O11S7. The number of aromatic nitrogens is 15. The lowest BCUT2D eigenvalue weighted by Gasteiger charge is -2.37. The minimum atomic E-state index is -1.00. The predicted molar refractivity (Wildman–Crippen MR) is 441 cm³/mol. The fraction of sp³-hybridized carbons (Fsp3) is 0.662. The molecule has 0 aromatic carbocycles. The first-order valence-electron chi connectivity index (χ1n) is 39.3. The summed E-state index contributed by atoms with van der Waals surface area (Å²) in [6.45, 7) is 27.5. The molecule has 2 aliphatic heterocycles. The van der Waals surface area contributed by atoms with Crippen LogP contribution >= 0.6 is 80.3 Å². The third-order valence-corrected chi connectivity index (χ3v) is 27.3. The normalized spacial score (nSPS) is 23.9. The number of carboxylic acids is 1. The standard InChI is InChI=1S/C18H22N6O2S2.C12H18N2O2S.C12H20N2OS.C11H19N3OS.C9H13NO2S.C8H15NO.C7H5N3O2S/c1-11-4-5-12(14-21-17(28-22-14)18(2,3)26)10-23(11)15(25)13-6-9-27-16(13)24-19-7-8-20-24;1-3-16-12(15)11-13-10(14-17-11)9-6-4-8(2)5-7-9;1-8-4-6-9(7-5-8)10-13-11(16-14-10)12(2,3)15;1-7-4-5-8(6-12-7)9-13-10(16-14-9)11(2,3)15;1-6-2-4-7(5-3-6)8-10-13-9(11)12-8;1-6-2-4-7(5-3-6)8(9)10;11-7(12)5-1-4-13-6(5)10-8-2-3-9-10/h6-9,11-12,26H,4-5,10H2,1-3H3;8-9H,3-7H2,1-2H3;8-9,15H,4-7H2,1-3H3;7-8,12,15H,4-6H2,1-3H3;6-7H,2-5H2,1H3;6-7H,2-5H2,1H3,(H2,9,10);1-4H,(H,11,12)/t11-,12-;;;7-,8-;;;/m1..1.../s1. The quantitative estimate of drug-likeness (QED) is 0.0519. The Morgan fingerprint density at radius 1 is 0.522 bits per heavy atom. The summed E-state index contributed by atoms with van der Waals surface area (Å²) in [5.41, 5.74) is 3.28. The molecule has 6 aliphatic rings. The Morgan fingerprint density at radius 2 is 0.929 bits per heavy atom. The molecule has 4 atom stereocenters. The predicted octanol–water partition coefficient (Wildman–Crippen LogP) is 15.2. The zero-order chi connectivity index (χ0) is 81.7. The zero-order valence-corrected chi connectivity index (χ0v) is 72.8. The highest BCUT2D eigenvalue weighted by molar-refractivity contribution is 7.13. The molecule has 0 bridgehead atoms. The number of nitrogens with zero attached hydrogens (tertiary/aromatic N) is 16. The van der Waals surface area contributed by atoms with Crippen LogP contribution in [0.1, 0.15) is 323 Å². The average Bonchev–Trinajstić information content (AvgIpc) is 1.69. The Balaban J connectivity index is 0.000000155. The Labute approximate surface area is 689 Å². The van der Waals surface area contributed by atoms with Gasteiger partial charge in [-0.2, -0.15) is 42.3 Å². The summed E-state index contributed by atoms with van der Waals surface area (Å²) in [5, 5.41) is 65.4. The second kappa shape index (κ2) is 42.2. The van der Waals surface area contributed by atoms with Gasteiger partial charge >= 0.3 is 16.9 Å². The van der Waals surface area contributed by atoms with Gasteiger partial charge in [0.05, 0.1) is 42.5 Å². The lowest BCUT2D eigenvalue weighted by Crippen LogP contribution is -2.45. The number of rotatable bonds is 15. The Morgan fingerprint density at radius 3 is 1.35 bits per heavy atom. The number of ether oxygens (including phenoxy) is 1. The van der Waals surface area contributed by atoms with E-state index in [2.05, 4.69) is 109 Å². The van der Waals surface area contributed by atoms with Crippen molar-refractivity contribution in [3.63, 3.8) is 0 Å². The third-order valence-electron chi connectivity index (χ3n) is 21.2. The van der Waals surface area contributed by atoms with E-state index in [4.69, 9.17) is 20.0 Å². The van der Waals surface area contributed by atoms with Crippen molar-refractivity contribution in [2.24, 2.45) is 35.3 Å². The number of primary amides is 1. The van der Waals surface area contributed by atoms with Gasteiger partial charge in [0.2, 0.25) is 16.8 Å². The largest absolute Gasteiger partial charge is 0.478 e. The molecule has 4 aliphatic carbocycles. The topological polar surface area (TPSA) is 407 Å². The number of carboxylic acid groups (broad SMARTS) is 1. The molecule has 36 heteroatoms. The van der Waals surface area contributed by atoms with Crippen molar-refractivity contribution in [1.29, 1.82) is 0 Å². The van der Waals surface area contributed by atoms with Gasteiger partial charge in [0.25, 0.3) is 5.91 Å². The first-order chi connectivity index (χ1) is 53.7.